The molecule has 68 valence electrons. The van der Waals surface area contributed by atoms with E-state index < -0.39 is 0 Å². The molecule has 2 nitrogen and oxygen atoms in total. The number of ketones is 2. The van der Waals surface area contributed by atoms with Crippen molar-refractivity contribution >= 4 is 11.6 Å². The lowest BCUT2D eigenvalue weighted by Crippen LogP contribution is -2.30. The Bertz CT molecular complexity index is 328. The van der Waals surface area contributed by atoms with Gasteiger partial charge in [0.1, 0.15) is 5.78 Å². The molecule has 0 N–H and O–H groups in total. The summed E-state index contributed by atoms with van der Waals surface area (Å²) in [5, 5.41) is 0. The predicted octanol–water partition coefficient (Wildman–Crippen LogP) is 1.64. The van der Waals surface area contributed by atoms with Crippen LogP contribution in [0.4, 0.5) is 0 Å². The zero-order chi connectivity index (χ0) is 9.00. The summed E-state index contributed by atoms with van der Waals surface area (Å²) in [6, 6.07) is 0. The molecule has 2 bridgehead atoms. The molecule has 0 aromatic heterocycles. The minimum Gasteiger partial charge on any atom is -0.299 e. The van der Waals surface area contributed by atoms with Crippen LogP contribution in [0.5, 0.6) is 0 Å². The Morgan fingerprint density at radius 3 is 2.38 bits per heavy atom. The van der Waals surface area contributed by atoms with Crippen molar-refractivity contribution < 1.29 is 9.59 Å². The third-order valence-corrected chi connectivity index (χ3v) is 3.78. The third-order valence-electron chi connectivity index (χ3n) is 3.78. The molecule has 4 rings (SSSR count). The zero-order valence-corrected chi connectivity index (χ0v) is 7.51. The number of hydrogen-bond donors (Lipinski definition) is 0. The van der Waals surface area contributed by atoms with Gasteiger partial charge in [0.25, 0.3) is 0 Å². The number of hydrogen-bond acceptors (Lipinski definition) is 2. The second kappa shape index (κ2) is 2.31. The largest absolute Gasteiger partial charge is 0.299 e. The van der Waals surface area contributed by atoms with Gasteiger partial charge in [-0.25, -0.2) is 0 Å². The Kier molecular flexibility index (Phi) is 1.33. The number of Topliss-reactive ketones (excluding diaryl/α,β-unsaturated/α-hetero) is 2. The molecule has 0 aromatic rings. The molecular weight excluding hydrogens is 164 g/mol. The van der Waals surface area contributed by atoms with Gasteiger partial charge in [-0.15, -0.1) is 0 Å². The van der Waals surface area contributed by atoms with Gasteiger partial charge in [0.15, 0.2) is 5.78 Å². The molecule has 0 spiro atoms. The normalized spacial score (nSPS) is 37.2. The standard InChI is InChI=1S/C11H12O2/c12-8-5-9(13)11-7-2-1-6(3-4-7)10(8)11/h6,10H,1-5H2. The number of carbonyl (C=O) groups is 2. The maximum absolute atomic E-state index is 11.6. The van der Waals surface area contributed by atoms with Crippen LogP contribution in [0.3, 0.4) is 0 Å². The van der Waals surface area contributed by atoms with Crippen molar-refractivity contribution in [1.82, 2.24) is 0 Å². The molecule has 2 heteroatoms. The fourth-order valence-corrected chi connectivity index (χ4v) is 3.20. The lowest BCUT2D eigenvalue weighted by atomic mass is 9.67. The minimum absolute atomic E-state index is 0.0324. The predicted molar refractivity (Wildman–Crippen MR) is 47.1 cm³/mol. The van der Waals surface area contributed by atoms with Crippen molar-refractivity contribution in [2.45, 2.75) is 32.1 Å². The monoisotopic (exact) mass is 176 g/mol. The summed E-state index contributed by atoms with van der Waals surface area (Å²) in [5.41, 5.74) is 2.25. The van der Waals surface area contributed by atoms with Crippen LogP contribution >= 0.6 is 0 Å². The molecule has 0 heterocycles. The van der Waals surface area contributed by atoms with Crippen LogP contribution in [0.15, 0.2) is 11.1 Å². The van der Waals surface area contributed by atoms with Crippen molar-refractivity contribution in [3.8, 4) is 0 Å². The highest BCUT2D eigenvalue weighted by Crippen LogP contribution is 2.49. The number of fused-ring (bicyclic) bond motifs is 2. The third kappa shape index (κ3) is 0.835. The van der Waals surface area contributed by atoms with Crippen LogP contribution in [0.25, 0.3) is 0 Å². The van der Waals surface area contributed by atoms with Crippen molar-refractivity contribution in [1.29, 1.82) is 0 Å². The molecule has 0 amide bonds. The van der Waals surface area contributed by atoms with Crippen molar-refractivity contribution in [3.63, 3.8) is 0 Å². The Balaban J connectivity index is 2.17. The van der Waals surface area contributed by atoms with E-state index in [2.05, 4.69) is 0 Å². The van der Waals surface area contributed by atoms with Gasteiger partial charge in [-0.1, -0.05) is 5.57 Å². The molecule has 0 aromatic carbocycles. The lowest BCUT2D eigenvalue weighted by molar-refractivity contribution is -0.123. The van der Waals surface area contributed by atoms with E-state index in [0.29, 0.717) is 5.92 Å². The van der Waals surface area contributed by atoms with Crippen LogP contribution in [0.1, 0.15) is 32.1 Å². The van der Waals surface area contributed by atoms with Crippen LogP contribution < -0.4 is 0 Å². The maximum Gasteiger partial charge on any atom is 0.166 e. The van der Waals surface area contributed by atoms with E-state index in [1.165, 1.54) is 5.57 Å². The van der Waals surface area contributed by atoms with Gasteiger partial charge in [-0.05, 0) is 31.6 Å². The molecule has 4 aliphatic rings. The van der Waals surface area contributed by atoms with E-state index in [1.807, 2.05) is 0 Å². The first-order chi connectivity index (χ1) is 6.27. The SMILES string of the molecule is O=C1CC(=O)C2C1=C1CCC2CC1. The highest BCUT2D eigenvalue weighted by atomic mass is 16.2. The van der Waals surface area contributed by atoms with Gasteiger partial charge in [-0.3, -0.25) is 9.59 Å². The Morgan fingerprint density at radius 1 is 1.08 bits per heavy atom. The van der Waals surface area contributed by atoms with Gasteiger partial charge in [-0.2, -0.15) is 0 Å². The molecule has 13 heavy (non-hydrogen) atoms. The first-order valence-electron chi connectivity index (χ1n) is 5.05. The van der Waals surface area contributed by atoms with Crippen LogP contribution in [0.2, 0.25) is 0 Å². The topological polar surface area (TPSA) is 34.1 Å². The molecule has 0 saturated heterocycles. The molecule has 2 fully saturated rings. The first-order valence-corrected chi connectivity index (χ1v) is 5.05. The fourth-order valence-electron chi connectivity index (χ4n) is 3.20. The summed E-state index contributed by atoms with van der Waals surface area (Å²) in [4.78, 5) is 23.1. The summed E-state index contributed by atoms with van der Waals surface area (Å²) >= 11 is 0. The average Bonchev–Trinajstić information content (AvgIpc) is 2.47. The van der Waals surface area contributed by atoms with E-state index in [1.54, 1.807) is 0 Å². The summed E-state index contributed by atoms with van der Waals surface area (Å²) in [5.74, 6) is 0.868. The maximum atomic E-state index is 11.6. The van der Waals surface area contributed by atoms with Crippen LogP contribution in [-0.4, -0.2) is 11.6 Å². The van der Waals surface area contributed by atoms with E-state index in [-0.39, 0.29) is 23.9 Å². The summed E-state index contributed by atoms with van der Waals surface area (Å²) in [6.07, 6.45) is 4.64. The number of carbonyl (C=O) groups excluding carboxylic acids is 2. The molecule has 4 aliphatic carbocycles. The highest BCUT2D eigenvalue weighted by Gasteiger charge is 2.47. The molecule has 1 atom stereocenters. The molecule has 0 aliphatic heterocycles. The Labute approximate surface area is 77.0 Å². The highest BCUT2D eigenvalue weighted by molar-refractivity contribution is 6.18. The molecular formula is C11H12O2. The summed E-state index contributed by atoms with van der Waals surface area (Å²) in [7, 11) is 0. The van der Waals surface area contributed by atoms with Crippen molar-refractivity contribution in [2.75, 3.05) is 0 Å². The molecule has 1 unspecified atom stereocenters. The smallest absolute Gasteiger partial charge is 0.166 e. The van der Waals surface area contributed by atoms with Gasteiger partial charge in [0.05, 0.1) is 6.42 Å². The lowest BCUT2D eigenvalue weighted by Gasteiger charge is -2.36. The quantitative estimate of drug-likeness (QED) is 0.526. The average molecular weight is 176 g/mol. The summed E-state index contributed by atoms with van der Waals surface area (Å²) < 4.78 is 0. The Hall–Kier alpha value is -0.920. The van der Waals surface area contributed by atoms with E-state index in [9.17, 15) is 9.59 Å². The molecule has 2 saturated carbocycles. The number of allylic oxidation sites excluding steroid dienone is 2. The van der Waals surface area contributed by atoms with Crippen LogP contribution in [0, 0.1) is 11.8 Å². The minimum atomic E-state index is 0.0324. The zero-order valence-electron chi connectivity index (χ0n) is 7.51. The fraction of sp³-hybridized carbons (Fsp3) is 0.636. The van der Waals surface area contributed by atoms with Crippen LogP contribution in [-0.2, 0) is 9.59 Å². The number of rotatable bonds is 0. The molecule has 0 radical (unpaired) electrons. The Morgan fingerprint density at radius 2 is 1.77 bits per heavy atom. The van der Waals surface area contributed by atoms with E-state index in [0.717, 1.165) is 31.3 Å². The van der Waals surface area contributed by atoms with Crippen molar-refractivity contribution in [2.24, 2.45) is 11.8 Å². The van der Waals surface area contributed by atoms with Gasteiger partial charge >= 0.3 is 0 Å². The van der Waals surface area contributed by atoms with Gasteiger partial charge in [0.2, 0.25) is 0 Å². The van der Waals surface area contributed by atoms with E-state index in [4.69, 9.17) is 0 Å². The van der Waals surface area contributed by atoms with Gasteiger partial charge in [0, 0.05) is 11.5 Å². The van der Waals surface area contributed by atoms with Crippen molar-refractivity contribution in [3.05, 3.63) is 11.1 Å². The second-order valence-electron chi connectivity index (χ2n) is 4.40. The van der Waals surface area contributed by atoms with E-state index >= 15 is 0 Å². The first kappa shape index (κ1) is 7.48. The second-order valence-corrected chi connectivity index (χ2v) is 4.40. The summed E-state index contributed by atoms with van der Waals surface area (Å²) in [6.45, 7) is 0. The van der Waals surface area contributed by atoms with Gasteiger partial charge < -0.3 is 0 Å².